The summed E-state index contributed by atoms with van der Waals surface area (Å²) >= 11 is 0. The maximum Gasteiger partial charge on any atom is 0.237 e. The Labute approximate surface area is 175 Å². The molecule has 1 saturated heterocycles. The smallest absolute Gasteiger partial charge is 0.237 e. The number of halogens is 1. The van der Waals surface area contributed by atoms with E-state index in [4.69, 9.17) is 9.84 Å². The van der Waals surface area contributed by atoms with Crippen LogP contribution in [0.1, 0.15) is 18.1 Å². The monoisotopic (exact) mass is 408 g/mol. The van der Waals surface area contributed by atoms with E-state index in [0.29, 0.717) is 24.3 Å². The van der Waals surface area contributed by atoms with Gasteiger partial charge in [-0.1, -0.05) is 18.2 Å². The summed E-state index contributed by atoms with van der Waals surface area (Å²) in [5.41, 5.74) is 4.35. The maximum absolute atomic E-state index is 14.4. The van der Waals surface area contributed by atoms with E-state index in [0.717, 1.165) is 23.4 Å². The number of ether oxygens (including phenoxy) is 1. The van der Waals surface area contributed by atoms with Crippen molar-refractivity contribution in [1.82, 2.24) is 20.0 Å². The maximum atomic E-state index is 14.4. The van der Waals surface area contributed by atoms with E-state index in [2.05, 4.69) is 10.2 Å². The van der Waals surface area contributed by atoms with Gasteiger partial charge >= 0.3 is 0 Å². The summed E-state index contributed by atoms with van der Waals surface area (Å²) < 4.78 is 21.3. The Morgan fingerprint density at radius 2 is 2.07 bits per heavy atom. The minimum atomic E-state index is -0.433. The highest BCUT2D eigenvalue weighted by molar-refractivity contribution is 5.82. The van der Waals surface area contributed by atoms with Gasteiger partial charge in [-0.3, -0.25) is 9.69 Å². The average Bonchev–Trinajstić information content (AvgIpc) is 3.15. The first-order valence-electron chi connectivity index (χ1n) is 9.98. The van der Waals surface area contributed by atoms with Gasteiger partial charge in [0.05, 0.1) is 24.5 Å². The molecule has 0 unspecified atom stereocenters. The van der Waals surface area contributed by atoms with Gasteiger partial charge in [-0.15, -0.1) is 0 Å². The standard InChI is InChI=1S/C23H25FN4O2/c1-15-6-4-5-7-20(15)28-14-18(13-27-11-10-25-23(29)16(27)2)22(26-28)17-8-9-21(30-3)19(24)12-17/h4-9,12,14,16H,10-11,13H2,1-3H3,(H,25,29)/t16-/m0/s1. The van der Waals surface area contributed by atoms with Crippen molar-refractivity contribution in [3.8, 4) is 22.7 Å². The number of methoxy groups -OCH3 is 1. The van der Waals surface area contributed by atoms with Crippen LogP contribution in [0.3, 0.4) is 0 Å². The van der Waals surface area contributed by atoms with Gasteiger partial charge in [0.15, 0.2) is 11.6 Å². The summed E-state index contributed by atoms with van der Waals surface area (Å²) in [7, 11) is 1.44. The van der Waals surface area contributed by atoms with E-state index >= 15 is 0 Å². The van der Waals surface area contributed by atoms with Crippen LogP contribution in [0.4, 0.5) is 4.39 Å². The SMILES string of the molecule is COc1ccc(-c2nn(-c3ccccc3C)cc2CN2CCNC(=O)[C@@H]2C)cc1F. The predicted octanol–water partition coefficient (Wildman–Crippen LogP) is 3.32. The molecular weight excluding hydrogens is 383 g/mol. The highest BCUT2D eigenvalue weighted by Crippen LogP contribution is 2.29. The van der Waals surface area contributed by atoms with Crippen LogP contribution in [0, 0.1) is 12.7 Å². The van der Waals surface area contributed by atoms with Crippen LogP contribution >= 0.6 is 0 Å². The molecule has 0 bridgehead atoms. The molecule has 1 fully saturated rings. The molecule has 4 rings (SSSR count). The Morgan fingerprint density at radius 3 is 2.80 bits per heavy atom. The molecule has 1 aromatic heterocycles. The summed E-state index contributed by atoms with van der Waals surface area (Å²) in [6, 6.07) is 12.6. The van der Waals surface area contributed by atoms with E-state index in [-0.39, 0.29) is 17.7 Å². The number of nitrogens with one attached hydrogen (secondary N) is 1. The molecule has 2 aromatic carbocycles. The van der Waals surface area contributed by atoms with Gasteiger partial charge in [0.2, 0.25) is 5.91 Å². The third-order valence-corrected chi connectivity index (χ3v) is 5.58. The van der Waals surface area contributed by atoms with Gasteiger partial charge in [0, 0.05) is 37.0 Å². The minimum absolute atomic E-state index is 0.0181. The summed E-state index contributed by atoms with van der Waals surface area (Å²) in [6.45, 7) is 5.83. The van der Waals surface area contributed by atoms with Crippen molar-refractivity contribution < 1.29 is 13.9 Å². The Morgan fingerprint density at radius 1 is 1.27 bits per heavy atom. The number of hydrogen-bond acceptors (Lipinski definition) is 4. The molecule has 30 heavy (non-hydrogen) atoms. The van der Waals surface area contributed by atoms with Crippen LogP contribution in [-0.4, -0.2) is 46.8 Å². The number of aromatic nitrogens is 2. The summed E-state index contributed by atoms with van der Waals surface area (Å²) in [5.74, 6) is -0.221. The number of para-hydroxylation sites is 1. The fourth-order valence-corrected chi connectivity index (χ4v) is 3.79. The normalized spacial score (nSPS) is 17.1. The first kappa shape index (κ1) is 20.1. The zero-order valence-corrected chi connectivity index (χ0v) is 17.4. The van der Waals surface area contributed by atoms with Crippen molar-refractivity contribution in [2.75, 3.05) is 20.2 Å². The molecule has 7 heteroatoms. The predicted molar refractivity (Wildman–Crippen MR) is 113 cm³/mol. The second kappa shape index (κ2) is 8.28. The number of amides is 1. The van der Waals surface area contributed by atoms with Crippen molar-refractivity contribution in [1.29, 1.82) is 0 Å². The van der Waals surface area contributed by atoms with E-state index in [1.807, 2.05) is 55.1 Å². The van der Waals surface area contributed by atoms with Crippen LogP contribution in [0.25, 0.3) is 16.9 Å². The highest BCUT2D eigenvalue weighted by atomic mass is 19.1. The number of benzene rings is 2. The van der Waals surface area contributed by atoms with Gasteiger partial charge < -0.3 is 10.1 Å². The average molecular weight is 408 g/mol. The molecule has 156 valence electrons. The third kappa shape index (κ3) is 3.80. The van der Waals surface area contributed by atoms with Gasteiger partial charge in [0.25, 0.3) is 0 Å². The Kier molecular flexibility index (Phi) is 5.55. The van der Waals surface area contributed by atoms with Crippen molar-refractivity contribution in [2.45, 2.75) is 26.4 Å². The number of carbonyl (C=O) groups excluding carboxylic acids is 1. The fourth-order valence-electron chi connectivity index (χ4n) is 3.79. The first-order chi connectivity index (χ1) is 14.5. The van der Waals surface area contributed by atoms with Crippen molar-refractivity contribution in [3.05, 3.63) is 65.6 Å². The van der Waals surface area contributed by atoms with E-state index in [1.165, 1.54) is 13.2 Å². The first-order valence-corrected chi connectivity index (χ1v) is 9.98. The van der Waals surface area contributed by atoms with E-state index < -0.39 is 5.82 Å². The Balaban J connectivity index is 1.78. The minimum Gasteiger partial charge on any atom is -0.494 e. The highest BCUT2D eigenvalue weighted by Gasteiger charge is 2.27. The largest absolute Gasteiger partial charge is 0.494 e. The summed E-state index contributed by atoms with van der Waals surface area (Å²) in [5, 5.41) is 7.69. The number of piperazine rings is 1. The lowest BCUT2D eigenvalue weighted by molar-refractivity contribution is -0.128. The van der Waals surface area contributed by atoms with E-state index in [9.17, 15) is 9.18 Å². The topological polar surface area (TPSA) is 59.4 Å². The molecule has 3 aromatic rings. The number of rotatable bonds is 5. The molecule has 2 heterocycles. The van der Waals surface area contributed by atoms with Crippen LogP contribution < -0.4 is 10.1 Å². The molecule has 6 nitrogen and oxygen atoms in total. The number of aryl methyl sites for hydroxylation is 1. The summed E-state index contributed by atoms with van der Waals surface area (Å²) in [4.78, 5) is 14.2. The van der Waals surface area contributed by atoms with Crippen molar-refractivity contribution in [2.24, 2.45) is 0 Å². The molecule has 0 spiro atoms. The Bertz CT molecular complexity index is 1080. The molecule has 0 saturated carbocycles. The fraction of sp³-hybridized carbons (Fsp3) is 0.304. The van der Waals surface area contributed by atoms with Gasteiger partial charge in [0.1, 0.15) is 0 Å². The van der Waals surface area contributed by atoms with Gasteiger partial charge in [-0.2, -0.15) is 5.10 Å². The van der Waals surface area contributed by atoms with Crippen LogP contribution in [0.5, 0.6) is 5.75 Å². The van der Waals surface area contributed by atoms with Crippen LogP contribution in [-0.2, 0) is 11.3 Å². The Hall–Kier alpha value is -3.19. The zero-order chi connectivity index (χ0) is 21.3. The molecule has 1 aliphatic heterocycles. The molecule has 1 aliphatic rings. The lowest BCUT2D eigenvalue weighted by atomic mass is 10.1. The summed E-state index contributed by atoms with van der Waals surface area (Å²) in [6.07, 6.45) is 1.97. The van der Waals surface area contributed by atoms with Crippen molar-refractivity contribution in [3.63, 3.8) is 0 Å². The lowest BCUT2D eigenvalue weighted by Gasteiger charge is -2.32. The van der Waals surface area contributed by atoms with E-state index in [1.54, 1.807) is 6.07 Å². The quantitative estimate of drug-likeness (QED) is 0.704. The third-order valence-electron chi connectivity index (χ3n) is 5.58. The lowest BCUT2D eigenvalue weighted by Crippen LogP contribution is -2.53. The molecule has 1 amide bonds. The number of hydrogen-bond donors (Lipinski definition) is 1. The molecule has 0 aliphatic carbocycles. The molecular formula is C23H25FN4O2. The van der Waals surface area contributed by atoms with Crippen LogP contribution in [0.2, 0.25) is 0 Å². The second-order valence-corrected chi connectivity index (χ2v) is 7.52. The van der Waals surface area contributed by atoms with Gasteiger partial charge in [-0.25, -0.2) is 9.07 Å². The molecule has 1 atom stereocenters. The zero-order valence-electron chi connectivity index (χ0n) is 17.4. The molecule has 0 radical (unpaired) electrons. The van der Waals surface area contributed by atoms with Crippen molar-refractivity contribution >= 4 is 5.91 Å². The van der Waals surface area contributed by atoms with Crippen LogP contribution in [0.15, 0.2) is 48.7 Å². The number of nitrogens with zero attached hydrogens (tertiary/aromatic N) is 3. The second-order valence-electron chi connectivity index (χ2n) is 7.52. The number of carbonyl (C=O) groups is 1. The molecule has 1 N–H and O–H groups in total. The van der Waals surface area contributed by atoms with Gasteiger partial charge in [-0.05, 0) is 43.7 Å².